The quantitative estimate of drug-likeness (QED) is 0.380. The zero-order valence-corrected chi connectivity index (χ0v) is 12.9. The number of nitrogens with zero attached hydrogens (tertiary/aromatic N) is 2. The van der Waals surface area contributed by atoms with Crippen LogP contribution in [0, 0.1) is 0 Å². The highest BCUT2D eigenvalue weighted by Crippen LogP contribution is 2.23. The van der Waals surface area contributed by atoms with Gasteiger partial charge in [-0.05, 0) is 25.1 Å². The van der Waals surface area contributed by atoms with Crippen LogP contribution in [0.15, 0.2) is 27.8 Å². The van der Waals surface area contributed by atoms with Crippen molar-refractivity contribution in [3.8, 4) is 0 Å². The van der Waals surface area contributed by atoms with E-state index in [9.17, 15) is 4.79 Å². The molecule has 0 spiro atoms. The number of amidine groups is 1. The van der Waals surface area contributed by atoms with Crippen molar-refractivity contribution >= 4 is 39.3 Å². The predicted octanol–water partition coefficient (Wildman–Crippen LogP) is 2.70. The molecule has 1 aromatic rings. The van der Waals surface area contributed by atoms with E-state index in [-0.39, 0.29) is 24.2 Å². The van der Waals surface area contributed by atoms with Crippen LogP contribution in [-0.2, 0) is 0 Å². The average molecular weight is 349 g/mol. The molecule has 104 valence electrons. The van der Waals surface area contributed by atoms with Crippen LogP contribution in [0.4, 0.5) is 0 Å². The van der Waals surface area contributed by atoms with Crippen LogP contribution in [0.3, 0.4) is 0 Å². The summed E-state index contributed by atoms with van der Waals surface area (Å²) in [7, 11) is 1.65. The van der Waals surface area contributed by atoms with Crippen LogP contribution in [0.5, 0.6) is 0 Å². The lowest BCUT2D eigenvalue weighted by atomic mass is 10.1. The summed E-state index contributed by atoms with van der Waals surface area (Å²) in [5, 5.41) is 11.8. The molecule has 1 amide bonds. The molecule has 19 heavy (non-hydrogen) atoms. The fraction of sp³-hybridized carbons (Fsp3) is 0.333. The average Bonchev–Trinajstić information content (AvgIpc) is 2.39. The molecule has 3 N–H and O–H groups in total. The fourth-order valence-corrected chi connectivity index (χ4v) is 2.09. The van der Waals surface area contributed by atoms with Crippen molar-refractivity contribution in [2.24, 2.45) is 10.9 Å². The van der Waals surface area contributed by atoms with Gasteiger partial charge in [0.15, 0.2) is 0 Å². The third-order valence-electron chi connectivity index (χ3n) is 2.77. The molecule has 5 nitrogen and oxygen atoms in total. The number of hydrogen-bond acceptors (Lipinski definition) is 3. The molecule has 0 saturated carbocycles. The number of oxime groups is 1. The first-order valence-corrected chi connectivity index (χ1v) is 6.72. The van der Waals surface area contributed by atoms with E-state index in [0.717, 1.165) is 4.47 Å². The van der Waals surface area contributed by atoms with Crippen molar-refractivity contribution in [3.63, 3.8) is 0 Å². The number of rotatable bonds is 4. The smallest absolute Gasteiger partial charge is 0.255 e. The second-order valence-corrected chi connectivity index (χ2v) is 5.51. The highest BCUT2D eigenvalue weighted by atomic mass is 79.9. The summed E-state index contributed by atoms with van der Waals surface area (Å²) in [5.41, 5.74) is 5.84. The zero-order chi connectivity index (χ0) is 14.6. The molecule has 0 aliphatic carbocycles. The summed E-state index contributed by atoms with van der Waals surface area (Å²) in [5.74, 6) is -0.142. The Morgan fingerprint density at radius 2 is 2.26 bits per heavy atom. The highest BCUT2D eigenvalue weighted by Gasteiger charge is 2.20. The van der Waals surface area contributed by atoms with Gasteiger partial charge in [0.05, 0.1) is 10.6 Å². The van der Waals surface area contributed by atoms with Crippen LogP contribution in [0.25, 0.3) is 0 Å². The molecule has 0 aliphatic rings. The summed E-state index contributed by atoms with van der Waals surface area (Å²) in [4.78, 5) is 13.8. The first-order chi connectivity index (χ1) is 8.86. The van der Waals surface area contributed by atoms with E-state index in [0.29, 0.717) is 10.6 Å². The van der Waals surface area contributed by atoms with Crippen LogP contribution in [-0.4, -0.2) is 34.9 Å². The Bertz CT molecular complexity index is 508. The normalized spacial score (nSPS) is 13.2. The third-order valence-corrected chi connectivity index (χ3v) is 3.60. The summed E-state index contributed by atoms with van der Waals surface area (Å²) >= 11 is 9.32. The summed E-state index contributed by atoms with van der Waals surface area (Å²) < 4.78 is 0.776. The number of benzene rings is 1. The lowest BCUT2D eigenvalue weighted by molar-refractivity contribution is 0.0747. The summed E-state index contributed by atoms with van der Waals surface area (Å²) in [6, 6.07) is 4.87. The molecule has 0 radical (unpaired) electrons. The van der Waals surface area contributed by atoms with E-state index in [2.05, 4.69) is 21.1 Å². The number of amides is 1. The minimum atomic E-state index is -0.218. The van der Waals surface area contributed by atoms with Gasteiger partial charge in [0.25, 0.3) is 5.91 Å². The van der Waals surface area contributed by atoms with Gasteiger partial charge in [0.1, 0.15) is 5.84 Å². The van der Waals surface area contributed by atoms with Crippen LogP contribution in [0.1, 0.15) is 23.7 Å². The van der Waals surface area contributed by atoms with Crippen molar-refractivity contribution in [2.75, 3.05) is 7.05 Å². The maximum atomic E-state index is 12.3. The van der Waals surface area contributed by atoms with E-state index >= 15 is 0 Å². The van der Waals surface area contributed by atoms with Gasteiger partial charge in [-0.2, -0.15) is 0 Å². The molecular formula is C12H15BrClN3O2. The maximum absolute atomic E-state index is 12.3. The van der Waals surface area contributed by atoms with Gasteiger partial charge in [0, 0.05) is 24.0 Å². The van der Waals surface area contributed by atoms with E-state index in [4.69, 9.17) is 22.5 Å². The Morgan fingerprint density at radius 3 is 2.84 bits per heavy atom. The number of hydrogen-bond donors (Lipinski definition) is 2. The molecule has 0 saturated heterocycles. The Kier molecular flexibility index (Phi) is 5.62. The number of halogens is 2. The maximum Gasteiger partial charge on any atom is 0.255 e. The molecular weight excluding hydrogens is 334 g/mol. The molecule has 0 aromatic heterocycles. The molecule has 1 atom stereocenters. The van der Waals surface area contributed by atoms with Crippen LogP contribution >= 0.6 is 27.5 Å². The fourth-order valence-electron chi connectivity index (χ4n) is 1.53. The largest absolute Gasteiger partial charge is 0.409 e. The topological polar surface area (TPSA) is 78.9 Å². The highest BCUT2D eigenvalue weighted by molar-refractivity contribution is 9.10. The van der Waals surface area contributed by atoms with Gasteiger partial charge in [0.2, 0.25) is 0 Å². The molecule has 1 rings (SSSR count). The van der Waals surface area contributed by atoms with E-state index < -0.39 is 0 Å². The minimum absolute atomic E-state index is 0.0764. The SMILES string of the molecule is CC(CC(N)=NO)N(C)C(=O)c1cc(Br)ccc1Cl. The molecule has 7 heteroatoms. The van der Waals surface area contributed by atoms with Crippen LogP contribution in [0.2, 0.25) is 5.02 Å². The lowest BCUT2D eigenvalue weighted by Gasteiger charge is -2.25. The molecule has 0 aliphatic heterocycles. The van der Waals surface area contributed by atoms with E-state index in [1.165, 1.54) is 4.90 Å². The van der Waals surface area contributed by atoms with Gasteiger partial charge in [-0.15, -0.1) is 0 Å². The predicted molar refractivity (Wildman–Crippen MR) is 78.7 cm³/mol. The Balaban J connectivity index is 2.90. The van der Waals surface area contributed by atoms with Gasteiger partial charge in [-0.25, -0.2) is 0 Å². The molecule has 0 bridgehead atoms. The van der Waals surface area contributed by atoms with Gasteiger partial charge in [-0.1, -0.05) is 32.7 Å². The van der Waals surface area contributed by atoms with E-state index in [1.807, 2.05) is 6.92 Å². The summed E-state index contributed by atoms with van der Waals surface area (Å²) in [6.45, 7) is 1.81. The van der Waals surface area contributed by atoms with Gasteiger partial charge >= 0.3 is 0 Å². The second kappa shape index (κ2) is 6.77. The minimum Gasteiger partial charge on any atom is -0.409 e. The Labute approximate surface area is 125 Å². The van der Waals surface area contributed by atoms with Gasteiger partial charge < -0.3 is 15.8 Å². The third kappa shape index (κ3) is 4.11. The van der Waals surface area contributed by atoms with Crippen molar-refractivity contribution in [3.05, 3.63) is 33.3 Å². The zero-order valence-electron chi connectivity index (χ0n) is 10.6. The number of nitrogens with two attached hydrogens (primary N) is 1. The van der Waals surface area contributed by atoms with Crippen LogP contribution < -0.4 is 5.73 Å². The molecule has 0 fully saturated rings. The molecule has 0 heterocycles. The van der Waals surface area contributed by atoms with Crippen molar-refractivity contribution in [1.82, 2.24) is 4.90 Å². The van der Waals surface area contributed by atoms with Crippen molar-refractivity contribution in [1.29, 1.82) is 0 Å². The Morgan fingerprint density at radius 1 is 1.63 bits per heavy atom. The first-order valence-electron chi connectivity index (χ1n) is 5.55. The number of carbonyl (C=O) groups is 1. The Hall–Kier alpha value is -1.27. The van der Waals surface area contributed by atoms with E-state index in [1.54, 1.807) is 25.2 Å². The first kappa shape index (κ1) is 15.8. The lowest BCUT2D eigenvalue weighted by Crippen LogP contribution is -2.37. The number of carbonyl (C=O) groups excluding carboxylic acids is 1. The van der Waals surface area contributed by atoms with Crippen molar-refractivity contribution < 1.29 is 10.0 Å². The molecule has 1 unspecified atom stereocenters. The standard InChI is InChI=1S/C12H15BrClN3O2/c1-7(5-11(15)16-19)17(2)12(18)9-6-8(13)3-4-10(9)14/h3-4,6-7,19H,5H2,1-2H3,(H2,15,16). The second-order valence-electron chi connectivity index (χ2n) is 4.18. The molecule has 1 aromatic carbocycles. The monoisotopic (exact) mass is 347 g/mol. The summed E-state index contributed by atoms with van der Waals surface area (Å²) in [6.07, 6.45) is 0.282. The van der Waals surface area contributed by atoms with Gasteiger partial charge in [-0.3, -0.25) is 4.79 Å². The van der Waals surface area contributed by atoms with Crippen molar-refractivity contribution in [2.45, 2.75) is 19.4 Å².